The maximum Gasteiger partial charge on any atom is 0.0107 e. The molecule has 0 radical (unpaired) electrons. The summed E-state index contributed by atoms with van der Waals surface area (Å²) in [6.45, 7) is 13.1. The molecular weight excluding hydrogens is 184 g/mol. The summed E-state index contributed by atoms with van der Waals surface area (Å²) in [5.74, 6) is 0. The molecule has 0 aromatic carbocycles. The zero-order chi connectivity index (χ0) is 11.1. The molecule has 0 aromatic rings. The lowest BCUT2D eigenvalue weighted by molar-refractivity contribution is 0.223. The second kappa shape index (κ2) is 6.49. The van der Waals surface area contributed by atoms with Crippen molar-refractivity contribution in [1.29, 1.82) is 0 Å². The van der Waals surface area contributed by atoms with Gasteiger partial charge < -0.3 is 10.2 Å². The number of likely N-dealkylation sites (tertiary alicyclic amines) is 1. The van der Waals surface area contributed by atoms with Crippen LogP contribution in [0.25, 0.3) is 0 Å². The molecule has 0 aromatic heterocycles. The van der Waals surface area contributed by atoms with Gasteiger partial charge in [0, 0.05) is 19.6 Å². The van der Waals surface area contributed by atoms with Gasteiger partial charge in [0.2, 0.25) is 0 Å². The first-order valence-electron chi connectivity index (χ1n) is 6.57. The lowest BCUT2D eigenvalue weighted by Crippen LogP contribution is -2.38. The molecule has 0 atom stereocenters. The maximum absolute atomic E-state index is 3.58. The van der Waals surface area contributed by atoms with E-state index in [1.54, 1.807) is 0 Å². The van der Waals surface area contributed by atoms with Gasteiger partial charge in [-0.2, -0.15) is 0 Å². The summed E-state index contributed by atoms with van der Waals surface area (Å²) in [6.07, 6.45) is 5.50. The third kappa shape index (κ3) is 5.53. The number of rotatable bonds is 6. The molecule has 1 aliphatic heterocycles. The Labute approximate surface area is 95.4 Å². The Morgan fingerprint density at radius 2 is 1.80 bits per heavy atom. The van der Waals surface area contributed by atoms with Crippen LogP contribution < -0.4 is 5.32 Å². The molecule has 90 valence electrons. The molecule has 2 heteroatoms. The van der Waals surface area contributed by atoms with E-state index < -0.39 is 0 Å². The Balaban J connectivity index is 2.00. The summed E-state index contributed by atoms with van der Waals surface area (Å²) < 4.78 is 0. The molecule has 15 heavy (non-hydrogen) atoms. The van der Waals surface area contributed by atoms with Gasteiger partial charge in [-0.3, -0.25) is 0 Å². The molecule has 0 unspecified atom stereocenters. The number of nitrogens with zero attached hydrogens (tertiary/aromatic N) is 1. The zero-order valence-electron chi connectivity index (χ0n) is 10.8. The van der Waals surface area contributed by atoms with E-state index in [1.807, 2.05) is 0 Å². The van der Waals surface area contributed by atoms with Crippen LogP contribution in [-0.4, -0.2) is 37.6 Å². The van der Waals surface area contributed by atoms with E-state index in [0.29, 0.717) is 5.41 Å². The SMILES string of the molecule is CCC(C)(C)CNCCN1CCCCC1. The minimum absolute atomic E-state index is 0.460. The Hall–Kier alpha value is -0.0800. The largest absolute Gasteiger partial charge is 0.315 e. The van der Waals surface area contributed by atoms with E-state index in [0.717, 1.165) is 13.1 Å². The van der Waals surface area contributed by atoms with E-state index in [9.17, 15) is 0 Å². The molecule has 0 spiro atoms. The van der Waals surface area contributed by atoms with Gasteiger partial charge >= 0.3 is 0 Å². The summed E-state index contributed by atoms with van der Waals surface area (Å²) in [5.41, 5.74) is 0.460. The molecule has 1 heterocycles. The molecule has 1 fully saturated rings. The molecule has 0 aliphatic carbocycles. The molecule has 0 amide bonds. The highest BCUT2D eigenvalue weighted by molar-refractivity contribution is 4.71. The first-order chi connectivity index (χ1) is 7.14. The first kappa shape index (κ1) is 13.0. The summed E-state index contributed by atoms with van der Waals surface area (Å²) in [5, 5.41) is 3.58. The molecule has 2 nitrogen and oxygen atoms in total. The average Bonchev–Trinajstić information content (AvgIpc) is 2.26. The van der Waals surface area contributed by atoms with Crippen molar-refractivity contribution < 1.29 is 0 Å². The Morgan fingerprint density at radius 3 is 2.40 bits per heavy atom. The zero-order valence-corrected chi connectivity index (χ0v) is 10.8. The van der Waals surface area contributed by atoms with Crippen LogP contribution >= 0.6 is 0 Å². The minimum atomic E-state index is 0.460. The number of hydrogen-bond donors (Lipinski definition) is 1. The van der Waals surface area contributed by atoms with Gasteiger partial charge in [0.15, 0.2) is 0 Å². The van der Waals surface area contributed by atoms with Crippen molar-refractivity contribution in [2.45, 2.75) is 46.5 Å². The van der Waals surface area contributed by atoms with Crippen LogP contribution in [-0.2, 0) is 0 Å². The summed E-state index contributed by atoms with van der Waals surface area (Å²) in [7, 11) is 0. The van der Waals surface area contributed by atoms with Gasteiger partial charge in [0.1, 0.15) is 0 Å². The third-order valence-electron chi connectivity index (χ3n) is 3.61. The maximum atomic E-state index is 3.58. The topological polar surface area (TPSA) is 15.3 Å². The molecule has 1 saturated heterocycles. The van der Waals surface area contributed by atoms with E-state index in [-0.39, 0.29) is 0 Å². The Bertz CT molecular complexity index is 160. The van der Waals surface area contributed by atoms with E-state index >= 15 is 0 Å². The van der Waals surface area contributed by atoms with Crippen LogP contribution in [0.5, 0.6) is 0 Å². The van der Waals surface area contributed by atoms with Crippen molar-refractivity contribution >= 4 is 0 Å². The Kier molecular flexibility index (Phi) is 5.62. The van der Waals surface area contributed by atoms with Gasteiger partial charge in [-0.25, -0.2) is 0 Å². The normalized spacial score (nSPS) is 19.4. The van der Waals surface area contributed by atoms with Gasteiger partial charge in [0.25, 0.3) is 0 Å². The minimum Gasteiger partial charge on any atom is -0.315 e. The highest BCUT2D eigenvalue weighted by atomic mass is 15.1. The van der Waals surface area contributed by atoms with Crippen molar-refractivity contribution in [3.8, 4) is 0 Å². The van der Waals surface area contributed by atoms with Crippen LogP contribution in [0, 0.1) is 5.41 Å². The van der Waals surface area contributed by atoms with Gasteiger partial charge in [-0.05, 0) is 37.8 Å². The van der Waals surface area contributed by atoms with Crippen molar-refractivity contribution in [3.63, 3.8) is 0 Å². The fourth-order valence-corrected chi connectivity index (χ4v) is 1.97. The Morgan fingerprint density at radius 1 is 1.13 bits per heavy atom. The quantitative estimate of drug-likeness (QED) is 0.681. The van der Waals surface area contributed by atoms with E-state index in [2.05, 4.69) is 31.0 Å². The lowest BCUT2D eigenvalue weighted by atomic mass is 9.90. The summed E-state index contributed by atoms with van der Waals surface area (Å²) in [4.78, 5) is 2.59. The lowest BCUT2D eigenvalue weighted by Gasteiger charge is -2.28. The van der Waals surface area contributed by atoms with E-state index in [1.165, 1.54) is 45.3 Å². The fraction of sp³-hybridized carbons (Fsp3) is 1.00. The second-order valence-electron chi connectivity index (χ2n) is 5.60. The van der Waals surface area contributed by atoms with Gasteiger partial charge in [-0.1, -0.05) is 27.2 Å². The van der Waals surface area contributed by atoms with Crippen molar-refractivity contribution in [1.82, 2.24) is 10.2 Å². The van der Waals surface area contributed by atoms with Gasteiger partial charge in [0.05, 0.1) is 0 Å². The average molecular weight is 212 g/mol. The number of hydrogen-bond acceptors (Lipinski definition) is 2. The predicted octanol–water partition coefficient (Wildman–Crippen LogP) is 2.50. The molecule has 1 N–H and O–H groups in total. The molecule has 1 rings (SSSR count). The van der Waals surface area contributed by atoms with E-state index in [4.69, 9.17) is 0 Å². The first-order valence-corrected chi connectivity index (χ1v) is 6.57. The van der Waals surface area contributed by atoms with Crippen LogP contribution in [0.1, 0.15) is 46.5 Å². The summed E-state index contributed by atoms with van der Waals surface area (Å²) >= 11 is 0. The van der Waals surface area contributed by atoms with Crippen LogP contribution in [0.2, 0.25) is 0 Å². The second-order valence-corrected chi connectivity index (χ2v) is 5.60. The smallest absolute Gasteiger partial charge is 0.0107 e. The van der Waals surface area contributed by atoms with Crippen molar-refractivity contribution in [2.24, 2.45) is 5.41 Å². The highest BCUT2D eigenvalue weighted by Crippen LogP contribution is 2.17. The number of piperidine rings is 1. The van der Waals surface area contributed by atoms with Crippen LogP contribution in [0.4, 0.5) is 0 Å². The van der Waals surface area contributed by atoms with Crippen molar-refractivity contribution in [2.75, 3.05) is 32.7 Å². The highest BCUT2D eigenvalue weighted by Gasteiger charge is 2.14. The summed E-state index contributed by atoms with van der Waals surface area (Å²) in [6, 6.07) is 0. The molecule has 0 saturated carbocycles. The molecule has 1 aliphatic rings. The molecule has 0 bridgehead atoms. The predicted molar refractivity (Wildman–Crippen MR) is 67.2 cm³/mol. The monoisotopic (exact) mass is 212 g/mol. The van der Waals surface area contributed by atoms with Crippen LogP contribution in [0.3, 0.4) is 0 Å². The van der Waals surface area contributed by atoms with Gasteiger partial charge in [-0.15, -0.1) is 0 Å². The van der Waals surface area contributed by atoms with Crippen LogP contribution in [0.15, 0.2) is 0 Å². The number of nitrogens with one attached hydrogen (secondary N) is 1. The standard InChI is InChI=1S/C13H28N2/c1-4-13(2,3)12-14-8-11-15-9-6-5-7-10-15/h14H,4-12H2,1-3H3. The third-order valence-corrected chi connectivity index (χ3v) is 3.61. The molecular formula is C13H28N2. The van der Waals surface area contributed by atoms with Crippen molar-refractivity contribution in [3.05, 3.63) is 0 Å². The fourth-order valence-electron chi connectivity index (χ4n) is 1.97.